The van der Waals surface area contributed by atoms with Crippen LogP contribution in [-0.4, -0.2) is 22.5 Å². The van der Waals surface area contributed by atoms with E-state index in [1.54, 1.807) is 30.5 Å². The van der Waals surface area contributed by atoms with Gasteiger partial charge in [0.2, 0.25) is 0 Å². The van der Waals surface area contributed by atoms with E-state index in [4.69, 9.17) is 0 Å². The van der Waals surface area contributed by atoms with Crippen molar-refractivity contribution in [3.8, 4) is 0 Å². The molecule has 2 N–H and O–H groups in total. The van der Waals surface area contributed by atoms with Crippen LogP contribution in [0.25, 0.3) is 0 Å². The molecule has 0 radical (unpaired) electrons. The van der Waals surface area contributed by atoms with Crippen molar-refractivity contribution in [1.82, 2.24) is 10.3 Å². The Labute approximate surface area is 131 Å². The Morgan fingerprint density at radius 3 is 2.82 bits per heavy atom. The molecular formula is C14H16N4O3S. The molecule has 0 saturated carbocycles. The number of nitro benzene ring substituents is 1. The minimum absolute atomic E-state index is 0.0563. The summed E-state index contributed by atoms with van der Waals surface area (Å²) in [6, 6.07) is 3.96. The summed E-state index contributed by atoms with van der Waals surface area (Å²) in [6.45, 7) is 4.21. The van der Waals surface area contributed by atoms with Crippen LogP contribution in [0.1, 0.15) is 15.4 Å². The fraction of sp³-hybridized carbons (Fsp3) is 0.286. The molecule has 1 aromatic heterocycles. The van der Waals surface area contributed by atoms with Crippen LogP contribution in [0.15, 0.2) is 24.4 Å². The zero-order chi connectivity index (χ0) is 16.1. The van der Waals surface area contributed by atoms with Crippen molar-refractivity contribution in [2.75, 3.05) is 11.9 Å². The fourth-order valence-corrected chi connectivity index (χ4v) is 2.61. The highest BCUT2D eigenvalue weighted by Gasteiger charge is 2.11. The molecule has 0 aliphatic rings. The molecule has 0 aliphatic carbocycles. The number of amides is 2. The minimum Gasteiger partial charge on any atom is -0.337 e. The number of urea groups is 1. The van der Waals surface area contributed by atoms with E-state index in [2.05, 4.69) is 15.6 Å². The van der Waals surface area contributed by atoms with Gasteiger partial charge in [0, 0.05) is 36.2 Å². The predicted octanol–water partition coefficient (Wildman–Crippen LogP) is 3.03. The lowest BCUT2D eigenvalue weighted by Crippen LogP contribution is -2.30. The summed E-state index contributed by atoms with van der Waals surface area (Å²) in [5, 5.41) is 17.1. The van der Waals surface area contributed by atoms with E-state index in [1.807, 2.05) is 6.92 Å². The maximum absolute atomic E-state index is 11.8. The Kier molecular flexibility index (Phi) is 5.05. The number of benzene rings is 1. The zero-order valence-corrected chi connectivity index (χ0v) is 13.1. The van der Waals surface area contributed by atoms with Crippen molar-refractivity contribution in [3.05, 3.63) is 50.0 Å². The smallest absolute Gasteiger partial charge is 0.319 e. The number of thiazole rings is 1. The van der Waals surface area contributed by atoms with Gasteiger partial charge in [-0.15, -0.1) is 11.3 Å². The molecule has 2 rings (SSSR count). The quantitative estimate of drug-likeness (QED) is 0.653. The van der Waals surface area contributed by atoms with Gasteiger partial charge in [0.25, 0.3) is 5.69 Å². The second-order valence-corrected chi connectivity index (χ2v) is 6.07. The van der Waals surface area contributed by atoms with Crippen LogP contribution in [0.2, 0.25) is 0 Å². The molecule has 1 aromatic carbocycles. The second kappa shape index (κ2) is 6.99. The lowest BCUT2D eigenvalue weighted by molar-refractivity contribution is -0.384. The van der Waals surface area contributed by atoms with Crippen molar-refractivity contribution in [2.45, 2.75) is 20.3 Å². The molecule has 8 heteroatoms. The van der Waals surface area contributed by atoms with Gasteiger partial charge in [0.1, 0.15) is 0 Å². The van der Waals surface area contributed by atoms with E-state index in [0.29, 0.717) is 18.7 Å². The summed E-state index contributed by atoms with van der Waals surface area (Å²) in [5.74, 6) is 0. The molecule has 0 unspecified atom stereocenters. The molecule has 0 bridgehead atoms. The number of aryl methyl sites for hydroxylation is 2. The normalized spacial score (nSPS) is 10.3. The van der Waals surface area contributed by atoms with Gasteiger partial charge in [-0.3, -0.25) is 10.1 Å². The van der Waals surface area contributed by atoms with Crippen LogP contribution >= 0.6 is 11.3 Å². The number of nitro groups is 1. The highest BCUT2D eigenvalue weighted by atomic mass is 32.1. The molecule has 0 saturated heterocycles. The Morgan fingerprint density at radius 1 is 1.41 bits per heavy atom. The average Bonchev–Trinajstić information content (AvgIpc) is 2.86. The van der Waals surface area contributed by atoms with Gasteiger partial charge in [0.05, 0.1) is 15.6 Å². The monoisotopic (exact) mass is 320 g/mol. The summed E-state index contributed by atoms with van der Waals surface area (Å²) >= 11 is 1.59. The van der Waals surface area contributed by atoms with Crippen LogP contribution in [0.5, 0.6) is 0 Å². The van der Waals surface area contributed by atoms with E-state index in [-0.39, 0.29) is 5.69 Å². The van der Waals surface area contributed by atoms with Gasteiger partial charge in [-0.05, 0) is 19.4 Å². The van der Waals surface area contributed by atoms with Crippen LogP contribution < -0.4 is 10.6 Å². The van der Waals surface area contributed by atoms with Crippen LogP contribution in [0, 0.1) is 24.0 Å². The minimum atomic E-state index is -0.493. The van der Waals surface area contributed by atoms with Crippen LogP contribution in [0.4, 0.5) is 16.2 Å². The molecule has 1 heterocycles. The molecule has 0 fully saturated rings. The van der Waals surface area contributed by atoms with E-state index >= 15 is 0 Å². The largest absolute Gasteiger partial charge is 0.337 e. The van der Waals surface area contributed by atoms with Crippen LogP contribution in [-0.2, 0) is 6.42 Å². The Morgan fingerprint density at radius 2 is 2.18 bits per heavy atom. The summed E-state index contributed by atoms with van der Waals surface area (Å²) < 4.78 is 0. The van der Waals surface area contributed by atoms with Gasteiger partial charge in [-0.1, -0.05) is 6.07 Å². The van der Waals surface area contributed by atoms with Crippen molar-refractivity contribution in [1.29, 1.82) is 0 Å². The first-order valence-corrected chi connectivity index (χ1v) is 7.48. The van der Waals surface area contributed by atoms with Crippen molar-refractivity contribution in [2.24, 2.45) is 0 Å². The first-order chi connectivity index (χ1) is 10.5. The summed E-state index contributed by atoms with van der Waals surface area (Å²) in [6.07, 6.45) is 2.45. The van der Waals surface area contributed by atoms with E-state index < -0.39 is 11.0 Å². The standard InChI is InChI=1S/C14H16N4O3S/c1-9-3-4-11(18(20)21)7-12(9)17-14(19)15-6-5-13-16-8-10(2)22-13/h3-4,7-8H,5-6H2,1-2H3,(H2,15,17,19). The van der Waals surface area contributed by atoms with Gasteiger partial charge >= 0.3 is 6.03 Å². The Balaban J connectivity index is 1.89. The lowest BCUT2D eigenvalue weighted by atomic mass is 10.2. The number of carbonyl (C=O) groups excluding carboxylic acids is 1. The number of nitrogens with zero attached hydrogens (tertiary/aromatic N) is 2. The molecular weight excluding hydrogens is 304 g/mol. The Hall–Kier alpha value is -2.48. The van der Waals surface area contributed by atoms with Gasteiger partial charge in [0.15, 0.2) is 0 Å². The number of aromatic nitrogens is 1. The van der Waals surface area contributed by atoms with E-state index in [1.165, 1.54) is 12.1 Å². The topological polar surface area (TPSA) is 97.2 Å². The maximum atomic E-state index is 11.8. The molecule has 0 atom stereocenters. The average molecular weight is 320 g/mol. The van der Waals surface area contributed by atoms with Gasteiger partial charge in [-0.25, -0.2) is 9.78 Å². The number of anilines is 1. The molecule has 2 aromatic rings. The number of carbonyl (C=O) groups is 1. The third-order valence-electron chi connectivity index (χ3n) is 2.97. The number of hydrogen-bond acceptors (Lipinski definition) is 5. The fourth-order valence-electron chi connectivity index (χ4n) is 1.82. The molecule has 0 aliphatic heterocycles. The highest BCUT2D eigenvalue weighted by Crippen LogP contribution is 2.21. The van der Waals surface area contributed by atoms with E-state index in [0.717, 1.165) is 15.4 Å². The third kappa shape index (κ3) is 4.26. The van der Waals surface area contributed by atoms with Crippen molar-refractivity contribution < 1.29 is 9.72 Å². The van der Waals surface area contributed by atoms with E-state index in [9.17, 15) is 14.9 Å². The zero-order valence-electron chi connectivity index (χ0n) is 12.3. The third-order valence-corrected chi connectivity index (χ3v) is 3.95. The maximum Gasteiger partial charge on any atom is 0.319 e. The predicted molar refractivity (Wildman–Crippen MR) is 85.4 cm³/mol. The Bertz CT molecular complexity index is 699. The lowest BCUT2D eigenvalue weighted by Gasteiger charge is -2.09. The van der Waals surface area contributed by atoms with Gasteiger partial charge in [-0.2, -0.15) is 0 Å². The second-order valence-electron chi connectivity index (χ2n) is 4.75. The van der Waals surface area contributed by atoms with Crippen molar-refractivity contribution >= 4 is 28.7 Å². The summed E-state index contributed by atoms with van der Waals surface area (Å²) in [4.78, 5) is 27.4. The molecule has 22 heavy (non-hydrogen) atoms. The highest BCUT2D eigenvalue weighted by molar-refractivity contribution is 7.11. The number of rotatable bonds is 5. The van der Waals surface area contributed by atoms with Crippen molar-refractivity contribution in [3.63, 3.8) is 0 Å². The summed E-state index contributed by atoms with van der Waals surface area (Å²) in [7, 11) is 0. The first kappa shape index (κ1) is 15.9. The number of non-ortho nitro benzene ring substituents is 1. The molecule has 116 valence electrons. The SMILES string of the molecule is Cc1cnc(CCNC(=O)Nc2cc([N+](=O)[O-])ccc2C)s1. The molecule has 7 nitrogen and oxygen atoms in total. The van der Waals surface area contributed by atoms with Gasteiger partial charge < -0.3 is 10.6 Å². The van der Waals surface area contributed by atoms with Crippen LogP contribution in [0.3, 0.4) is 0 Å². The number of hydrogen-bond donors (Lipinski definition) is 2. The molecule has 2 amide bonds. The summed E-state index contributed by atoms with van der Waals surface area (Å²) in [5.41, 5.74) is 1.13. The number of nitrogens with one attached hydrogen (secondary N) is 2. The first-order valence-electron chi connectivity index (χ1n) is 6.67. The molecule has 0 spiro atoms.